The average molecular weight is 1340 g/mol. The molecule has 2 aromatic heterocycles. The van der Waals surface area contributed by atoms with Crippen LogP contribution in [-0.4, -0.2) is 102 Å². The molecule has 0 bridgehead atoms. The van der Waals surface area contributed by atoms with E-state index >= 15 is 0 Å². The molecular formula is C36H39F3I4N7O11P. The third kappa shape index (κ3) is 12.7. The van der Waals surface area contributed by atoms with E-state index < -0.39 is 68.8 Å². The van der Waals surface area contributed by atoms with E-state index in [1.807, 2.05) is 95.7 Å². The van der Waals surface area contributed by atoms with E-state index in [4.69, 9.17) is 23.5 Å². The number of rotatable bonds is 18. The molecule has 62 heavy (non-hydrogen) atoms. The van der Waals surface area contributed by atoms with E-state index in [0.717, 1.165) is 6.42 Å². The Bertz CT molecular complexity index is 2300. The topological polar surface area (TPSA) is 238 Å². The van der Waals surface area contributed by atoms with Gasteiger partial charge in [-0.3, -0.25) is 18.7 Å². The molecular weight excluding hydrogens is 1300 g/mol. The van der Waals surface area contributed by atoms with Crippen molar-refractivity contribution in [3.63, 3.8) is 0 Å². The van der Waals surface area contributed by atoms with Crippen LogP contribution in [-0.2, 0) is 39.3 Å². The maximum absolute atomic E-state index is 13.3. The first-order valence-corrected chi connectivity index (χ1v) is 24.6. The fraction of sp³-hybridized carbons (Fsp3) is 0.472. The van der Waals surface area contributed by atoms with Crippen molar-refractivity contribution in [2.45, 2.75) is 88.5 Å². The number of aromatic hydroxyl groups is 1. The molecule has 0 saturated carbocycles. The molecule has 6 rings (SSSR count). The van der Waals surface area contributed by atoms with Gasteiger partial charge in [0.05, 0.1) is 27.2 Å². The Hall–Kier alpha value is -1.97. The number of carbonyl (C=O) groups excluding carboxylic acids is 2. The van der Waals surface area contributed by atoms with Crippen molar-refractivity contribution >= 4 is 127 Å². The second-order valence-corrected chi connectivity index (χ2v) is 20.4. The molecule has 2 saturated heterocycles. The van der Waals surface area contributed by atoms with Gasteiger partial charge in [-0.25, -0.2) is 19.5 Å². The van der Waals surface area contributed by atoms with Gasteiger partial charge in [0.1, 0.15) is 42.2 Å². The molecule has 0 unspecified atom stereocenters. The highest BCUT2D eigenvalue weighted by atomic mass is 127. The number of hydrogen-bond donors (Lipinski definition) is 6. The quantitative estimate of drug-likeness (QED) is 0.0348. The summed E-state index contributed by atoms with van der Waals surface area (Å²) in [6.07, 6.45) is -2.90. The molecule has 18 nitrogen and oxygen atoms in total. The predicted octanol–water partition coefficient (Wildman–Crippen LogP) is 6.65. The molecule has 4 aromatic rings. The first-order valence-electron chi connectivity index (χ1n) is 18.7. The van der Waals surface area contributed by atoms with Crippen LogP contribution < -0.4 is 20.7 Å². The number of fused-ring (bicyclic) bond motifs is 2. The van der Waals surface area contributed by atoms with Gasteiger partial charge >= 0.3 is 19.9 Å². The number of phenols is 1. The number of hydrogen-bond acceptors (Lipinski definition) is 13. The Morgan fingerprint density at radius 1 is 0.952 bits per heavy atom. The van der Waals surface area contributed by atoms with Gasteiger partial charge in [-0.15, -0.1) is 0 Å². The fourth-order valence-corrected chi connectivity index (χ4v) is 10.9. The predicted molar refractivity (Wildman–Crippen MR) is 248 cm³/mol. The Kier molecular flexibility index (Phi) is 16.5. The van der Waals surface area contributed by atoms with E-state index in [2.05, 4.69) is 25.6 Å². The average Bonchev–Trinajstić information content (AvgIpc) is 3.85. The number of benzene rings is 2. The van der Waals surface area contributed by atoms with Gasteiger partial charge in [0, 0.05) is 19.5 Å². The first-order chi connectivity index (χ1) is 29.1. The summed E-state index contributed by atoms with van der Waals surface area (Å²) >= 11 is 8.03. The van der Waals surface area contributed by atoms with Crippen LogP contribution in [0.5, 0.6) is 17.2 Å². The molecule has 4 heterocycles. The highest BCUT2D eigenvalue weighted by Crippen LogP contribution is 2.46. The van der Waals surface area contributed by atoms with Crippen LogP contribution in [0.4, 0.5) is 19.0 Å². The Morgan fingerprint density at radius 3 is 2.24 bits per heavy atom. The SMILES string of the molecule is CC1(C)O[C@@H]2[C@H](O1)[C@@H](COP(=O)(O)O)O[C@H]2n1cnc2c(NCCCCCCNC(=O)[C@H](Cc3cc(I)c(Oc4cc(I)c(O)c(I)c4)c(I)c3)NC(=O)C(F)(F)F)ncnc21. The normalized spacial score (nSPS) is 20.2. The smallest absolute Gasteiger partial charge is 0.471 e. The van der Waals surface area contributed by atoms with E-state index in [-0.39, 0.29) is 18.7 Å². The lowest BCUT2D eigenvalue weighted by Crippen LogP contribution is -2.51. The zero-order valence-electron chi connectivity index (χ0n) is 32.5. The molecule has 2 fully saturated rings. The second-order valence-electron chi connectivity index (χ2n) is 14.5. The summed E-state index contributed by atoms with van der Waals surface area (Å²) in [5.74, 6) is -2.41. The van der Waals surface area contributed by atoms with Gasteiger partial charge in [0.15, 0.2) is 34.7 Å². The van der Waals surface area contributed by atoms with Crippen molar-refractivity contribution in [2.75, 3.05) is 25.0 Å². The lowest BCUT2D eigenvalue weighted by atomic mass is 10.0. The Labute approximate surface area is 406 Å². The number of alkyl halides is 3. The number of phosphoric acid groups is 1. The summed E-state index contributed by atoms with van der Waals surface area (Å²) in [6.45, 7) is 3.68. The number of unbranched alkanes of at least 4 members (excludes halogenated alkanes) is 3. The van der Waals surface area contributed by atoms with Crippen molar-refractivity contribution in [1.29, 1.82) is 0 Å². The maximum Gasteiger partial charge on any atom is 0.471 e. The van der Waals surface area contributed by atoms with Crippen molar-refractivity contribution in [2.24, 2.45) is 0 Å². The largest absolute Gasteiger partial charge is 0.506 e. The number of halogens is 7. The number of amides is 2. The van der Waals surface area contributed by atoms with Gasteiger partial charge in [0.2, 0.25) is 5.91 Å². The van der Waals surface area contributed by atoms with Crippen LogP contribution in [0.2, 0.25) is 0 Å². The monoisotopic (exact) mass is 1340 g/mol. The number of imidazole rings is 1. The van der Waals surface area contributed by atoms with E-state index in [1.165, 1.54) is 12.7 Å². The van der Waals surface area contributed by atoms with E-state index in [1.54, 1.807) is 42.7 Å². The highest BCUT2D eigenvalue weighted by molar-refractivity contribution is 14.1. The Balaban J connectivity index is 0.991. The van der Waals surface area contributed by atoms with Gasteiger partial charge < -0.3 is 49.8 Å². The minimum atomic E-state index is -5.19. The number of carbonyl (C=O) groups is 2. The number of phosphoric ester groups is 1. The van der Waals surface area contributed by atoms with Crippen LogP contribution in [0.1, 0.15) is 51.3 Å². The summed E-state index contributed by atoms with van der Waals surface area (Å²) in [5.41, 5.74) is 1.37. The van der Waals surface area contributed by atoms with Crippen molar-refractivity contribution in [1.82, 2.24) is 30.2 Å². The molecule has 0 radical (unpaired) electrons. The minimum absolute atomic E-state index is 0.134. The maximum atomic E-state index is 13.3. The molecule has 0 aliphatic carbocycles. The second kappa shape index (κ2) is 20.7. The van der Waals surface area contributed by atoms with Gasteiger partial charge in [-0.1, -0.05) is 12.8 Å². The van der Waals surface area contributed by atoms with Crippen LogP contribution in [0.25, 0.3) is 11.2 Å². The van der Waals surface area contributed by atoms with Crippen molar-refractivity contribution < 1.29 is 65.7 Å². The number of ether oxygens (including phenoxy) is 4. The number of aromatic nitrogens is 4. The molecule has 2 amide bonds. The van der Waals surface area contributed by atoms with E-state index in [9.17, 15) is 42.2 Å². The zero-order valence-corrected chi connectivity index (χ0v) is 42.0. The van der Waals surface area contributed by atoms with Gasteiger partial charge in [0.25, 0.3) is 0 Å². The summed E-state index contributed by atoms with van der Waals surface area (Å²) in [5, 5.41) is 17.9. The summed E-state index contributed by atoms with van der Waals surface area (Å²) in [7, 11) is -4.77. The third-order valence-electron chi connectivity index (χ3n) is 9.45. The lowest BCUT2D eigenvalue weighted by Gasteiger charge is -2.24. The fourth-order valence-electron chi connectivity index (χ4n) is 6.73. The summed E-state index contributed by atoms with van der Waals surface area (Å²) in [6, 6.07) is 5.17. The molecule has 6 N–H and O–H groups in total. The standard InChI is InChI=1S/C36H39F3I4N7O11P/c1-35(2)60-28-24(14-57-62(54,55)56)59-33(29(28)61-35)50-16-48-25-30(46-15-47-31(25)50)44-7-5-3-4-6-8-45-32(52)23(49-34(53)36(37,38)39)11-17-9-21(42)27(22(43)10-17)58-18-12-19(40)26(51)20(41)13-18/h9-10,12-13,15-16,23-24,28-29,33,51H,3-8,11,14H2,1-2H3,(H,45,52)(H,49,53)(H,44,46,47)(H2,54,55,56)/t23-,24+,28+,29+,33+/m0/s1. The van der Waals surface area contributed by atoms with Gasteiger partial charge in [-0.2, -0.15) is 13.2 Å². The number of nitrogens with one attached hydrogen (secondary N) is 3. The van der Waals surface area contributed by atoms with Crippen molar-refractivity contribution in [3.05, 3.63) is 56.8 Å². The molecule has 5 atom stereocenters. The lowest BCUT2D eigenvalue weighted by molar-refractivity contribution is -0.199. The number of nitrogens with zero attached hydrogens (tertiary/aromatic N) is 4. The minimum Gasteiger partial charge on any atom is -0.506 e. The first kappa shape index (κ1) is 49.5. The van der Waals surface area contributed by atoms with Crippen LogP contribution >= 0.6 is 98.2 Å². The van der Waals surface area contributed by atoms with Crippen LogP contribution in [0.15, 0.2) is 36.9 Å². The van der Waals surface area contributed by atoms with E-state index in [0.29, 0.717) is 74.1 Å². The van der Waals surface area contributed by atoms with Crippen molar-refractivity contribution in [3.8, 4) is 17.2 Å². The molecule has 2 aliphatic rings. The number of anilines is 1. The zero-order chi connectivity index (χ0) is 45.1. The van der Waals surface area contributed by atoms with Crippen LogP contribution in [0, 0.1) is 14.3 Å². The Morgan fingerprint density at radius 2 is 1.60 bits per heavy atom. The molecule has 2 aliphatic heterocycles. The number of phenolic OH excluding ortho intramolecular Hbond substituents is 1. The van der Waals surface area contributed by atoms with Gasteiger partial charge in [-0.05, 0) is 147 Å². The molecule has 338 valence electrons. The summed E-state index contributed by atoms with van der Waals surface area (Å²) in [4.78, 5) is 56.8. The highest BCUT2D eigenvalue weighted by Gasteiger charge is 2.56. The molecule has 0 spiro atoms. The van der Waals surface area contributed by atoms with Crippen LogP contribution in [0.3, 0.4) is 0 Å². The third-order valence-corrected chi connectivity index (χ3v) is 13.2. The summed E-state index contributed by atoms with van der Waals surface area (Å²) < 4.78 is 84.3. The molecule has 2 aromatic carbocycles. The molecule has 26 heteroatoms.